The molecule has 1 atom stereocenters. The Morgan fingerprint density at radius 1 is 1.08 bits per heavy atom. The third-order valence-corrected chi connectivity index (χ3v) is 4.36. The topological polar surface area (TPSA) is 53.5 Å². The van der Waals surface area contributed by atoms with Crippen molar-refractivity contribution in [3.63, 3.8) is 0 Å². The van der Waals surface area contributed by atoms with Gasteiger partial charge < -0.3 is 5.32 Å². The molecule has 0 aliphatic carbocycles. The lowest BCUT2D eigenvalue weighted by Crippen LogP contribution is -2.35. The van der Waals surface area contributed by atoms with E-state index in [4.69, 9.17) is 0 Å². The standard InChI is InChI=1S/C19H22BrN3O/c1-12-6-5-7-13(2)18(12)21-15(4)19(24)23-22-14(3)16-8-10-17(20)11-9-16/h5-11,15,21H,1-4H3,(H,23,24). The first-order valence-electron chi connectivity index (χ1n) is 7.81. The monoisotopic (exact) mass is 387 g/mol. The van der Waals surface area contributed by atoms with E-state index >= 15 is 0 Å². The van der Waals surface area contributed by atoms with Gasteiger partial charge in [0.1, 0.15) is 6.04 Å². The van der Waals surface area contributed by atoms with Crippen molar-refractivity contribution in [1.29, 1.82) is 0 Å². The first kappa shape index (κ1) is 18.2. The molecule has 126 valence electrons. The Morgan fingerprint density at radius 3 is 2.25 bits per heavy atom. The zero-order chi connectivity index (χ0) is 17.7. The molecular formula is C19H22BrN3O. The highest BCUT2D eigenvalue weighted by molar-refractivity contribution is 9.10. The van der Waals surface area contributed by atoms with Crippen molar-refractivity contribution in [2.75, 3.05) is 5.32 Å². The summed E-state index contributed by atoms with van der Waals surface area (Å²) in [6.45, 7) is 7.74. The Morgan fingerprint density at radius 2 is 1.67 bits per heavy atom. The second-order valence-electron chi connectivity index (χ2n) is 5.81. The number of nitrogens with one attached hydrogen (secondary N) is 2. The Balaban J connectivity index is 2.01. The van der Waals surface area contributed by atoms with Crippen molar-refractivity contribution in [1.82, 2.24) is 5.43 Å². The number of hydrazone groups is 1. The summed E-state index contributed by atoms with van der Waals surface area (Å²) in [5.41, 5.74) is 7.58. The zero-order valence-corrected chi connectivity index (χ0v) is 15.9. The molecule has 0 spiro atoms. The first-order valence-corrected chi connectivity index (χ1v) is 8.60. The predicted molar refractivity (Wildman–Crippen MR) is 103 cm³/mol. The molecule has 0 saturated carbocycles. The Labute approximate surface area is 151 Å². The lowest BCUT2D eigenvalue weighted by Gasteiger charge is -2.17. The van der Waals surface area contributed by atoms with Crippen LogP contribution in [-0.4, -0.2) is 17.7 Å². The molecule has 4 nitrogen and oxygen atoms in total. The molecule has 2 aromatic carbocycles. The van der Waals surface area contributed by atoms with Crippen LogP contribution in [0.3, 0.4) is 0 Å². The third-order valence-electron chi connectivity index (χ3n) is 3.83. The van der Waals surface area contributed by atoms with E-state index < -0.39 is 0 Å². The second-order valence-corrected chi connectivity index (χ2v) is 6.73. The van der Waals surface area contributed by atoms with Crippen LogP contribution in [0.5, 0.6) is 0 Å². The largest absolute Gasteiger partial charge is 0.373 e. The number of para-hydroxylation sites is 1. The van der Waals surface area contributed by atoms with Gasteiger partial charge in [-0.2, -0.15) is 5.10 Å². The van der Waals surface area contributed by atoms with E-state index in [0.717, 1.165) is 32.6 Å². The van der Waals surface area contributed by atoms with Gasteiger partial charge in [0.15, 0.2) is 0 Å². The molecule has 2 N–H and O–H groups in total. The Kier molecular flexibility index (Phi) is 6.15. The van der Waals surface area contributed by atoms with Crippen molar-refractivity contribution in [2.24, 2.45) is 5.10 Å². The highest BCUT2D eigenvalue weighted by Gasteiger charge is 2.14. The van der Waals surface area contributed by atoms with E-state index in [1.54, 1.807) is 0 Å². The summed E-state index contributed by atoms with van der Waals surface area (Å²) in [6.07, 6.45) is 0. The lowest BCUT2D eigenvalue weighted by atomic mass is 10.1. The molecule has 0 aliphatic rings. The highest BCUT2D eigenvalue weighted by atomic mass is 79.9. The maximum absolute atomic E-state index is 12.3. The average molecular weight is 388 g/mol. The van der Waals surface area contributed by atoms with Gasteiger partial charge in [-0.1, -0.05) is 46.3 Å². The smallest absolute Gasteiger partial charge is 0.262 e. The van der Waals surface area contributed by atoms with Crippen LogP contribution < -0.4 is 10.7 Å². The Bertz CT molecular complexity index is 733. The number of rotatable bonds is 5. The van der Waals surface area contributed by atoms with Crippen LogP contribution in [0.2, 0.25) is 0 Å². The van der Waals surface area contributed by atoms with Crippen LogP contribution in [-0.2, 0) is 4.79 Å². The van der Waals surface area contributed by atoms with Crippen LogP contribution in [0.25, 0.3) is 0 Å². The molecule has 2 rings (SSSR count). The van der Waals surface area contributed by atoms with Gasteiger partial charge in [0.25, 0.3) is 5.91 Å². The van der Waals surface area contributed by atoms with E-state index in [0.29, 0.717) is 0 Å². The van der Waals surface area contributed by atoms with Gasteiger partial charge in [-0.3, -0.25) is 4.79 Å². The van der Waals surface area contributed by atoms with Gasteiger partial charge >= 0.3 is 0 Å². The fraction of sp³-hybridized carbons (Fsp3) is 0.263. The number of hydrogen-bond acceptors (Lipinski definition) is 3. The SMILES string of the molecule is CC(=NNC(=O)C(C)Nc1c(C)cccc1C)c1ccc(Br)cc1. The number of amides is 1. The number of carbonyl (C=O) groups is 1. The molecule has 5 heteroatoms. The van der Waals surface area contributed by atoms with Crippen molar-refractivity contribution in [3.8, 4) is 0 Å². The van der Waals surface area contributed by atoms with Gasteiger partial charge in [0, 0.05) is 10.2 Å². The maximum Gasteiger partial charge on any atom is 0.262 e. The maximum atomic E-state index is 12.3. The molecule has 0 fully saturated rings. The number of carbonyl (C=O) groups excluding carboxylic acids is 1. The van der Waals surface area contributed by atoms with Crippen LogP contribution in [0, 0.1) is 13.8 Å². The molecule has 2 aromatic rings. The molecule has 1 unspecified atom stereocenters. The van der Waals surface area contributed by atoms with Crippen molar-refractivity contribution < 1.29 is 4.79 Å². The van der Waals surface area contributed by atoms with Crippen LogP contribution in [0.15, 0.2) is 52.0 Å². The highest BCUT2D eigenvalue weighted by Crippen LogP contribution is 2.20. The minimum Gasteiger partial charge on any atom is -0.373 e. The summed E-state index contributed by atoms with van der Waals surface area (Å²) in [5, 5.41) is 7.46. The fourth-order valence-corrected chi connectivity index (χ4v) is 2.58. The van der Waals surface area contributed by atoms with E-state index in [-0.39, 0.29) is 11.9 Å². The molecule has 0 radical (unpaired) electrons. The van der Waals surface area contributed by atoms with Gasteiger partial charge in [-0.15, -0.1) is 0 Å². The number of benzene rings is 2. The Hall–Kier alpha value is -2.14. The number of aryl methyl sites for hydroxylation is 2. The number of nitrogens with zero attached hydrogens (tertiary/aromatic N) is 1. The molecule has 0 saturated heterocycles. The minimum absolute atomic E-state index is 0.172. The van der Waals surface area contributed by atoms with Crippen LogP contribution in [0.1, 0.15) is 30.5 Å². The van der Waals surface area contributed by atoms with E-state index in [1.165, 1.54) is 0 Å². The zero-order valence-electron chi connectivity index (χ0n) is 14.4. The van der Waals surface area contributed by atoms with E-state index in [1.807, 2.05) is 70.2 Å². The first-order chi connectivity index (χ1) is 11.4. The molecule has 0 bridgehead atoms. The van der Waals surface area contributed by atoms with Crippen LogP contribution in [0.4, 0.5) is 5.69 Å². The molecule has 0 heterocycles. The number of halogens is 1. The number of anilines is 1. The molecule has 24 heavy (non-hydrogen) atoms. The summed E-state index contributed by atoms with van der Waals surface area (Å²) in [5.74, 6) is -0.172. The minimum atomic E-state index is -0.383. The van der Waals surface area contributed by atoms with Crippen LogP contribution >= 0.6 is 15.9 Å². The summed E-state index contributed by atoms with van der Waals surface area (Å²) in [7, 11) is 0. The van der Waals surface area contributed by atoms with Crippen molar-refractivity contribution in [3.05, 3.63) is 63.6 Å². The summed E-state index contributed by atoms with van der Waals surface area (Å²) in [4.78, 5) is 12.3. The van der Waals surface area contributed by atoms with Gasteiger partial charge in [-0.05, 0) is 56.5 Å². The fourth-order valence-electron chi connectivity index (χ4n) is 2.32. The van der Waals surface area contributed by atoms with Gasteiger partial charge in [-0.25, -0.2) is 5.43 Å². The van der Waals surface area contributed by atoms with Crippen molar-refractivity contribution in [2.45, 2.75) is 33.7 Å². The summed E-state index contributed by atoms with van der Waals surface area (Å²) >= 11 is 3.40. The molecular weight excluding hydrogens is 366 g/mol. The molecule has 0 aliphatic heterocycles. The predicted octanol–water partition coefficient (Wildman–Crippen LogP) is 4.41. The second kappa shape index (κ2) is 8.11. The van der Waals surface area contributed by atoms with Gasteiger partial charge in [0.2, 0.25) is 0 Å². The van der Waals surface area contributed by atoms with Gasteiger partial charge in [0.05, 0.1) is 5.71 Å². The normalized spacial score (nSPS) is 12.6. The lowest BCUT2D eigenvalue weighted by molar-refractivity contribution is -0.121. The van der Waals surface area contributed by atoms with E-state index in [2.05, 4.69) is 31.8 Å². The third kappa shape index (κ3) is 4.68. The van der Waals surface area contributed by atoms with E-state index in [9.17, 15) is 4.79 Å². The van der Waals surface area contributed by atoms with Crippen molar-refractivity contribution >= 4 is 33.2 Å². The quantitative estimate of drug-likeness (QED) is 0.589. The summed E-state index contributed by atoms with van der Waals surface area (Å²) in [6, 6.07) is 13.5. The average Bonchev–Trinajstić information content (AvgIpc) is 2.56. The number of hydrogen-bond donors (Lipinski definition) is 2. The molecule has 0 aromatic heterocycles. The molecule has 1 amide bonds. The summed E-state index contributed by atoms with van der Waals surface area (Å²) < 4.78 is 1.01.